The van der Waals surface area contributed by atoms with E-state index in [1.165, 1.54) is 0 Å². The number of carboxylic acids is 1. The summed E-state index contributed by atoms with van der Waals surface area (Å²) in [6.07, 6.45) is 2.63. The van der Waals surface area contributed by atoms with E-state index in [0.29, 0.717) is 35.3 Å². The number of amides is 1. The zero-order valence-electron chi connectivity index (χ0n) is 20.6. The molecular formula is C30H27N3O5. The first kappa shape index (κ1) is 24.8. The van der Waals surface area contributed by atoms with Gasteiger partial charge in [-0.3, -0.25) is 4.79 Å². The van der Waals surface area contributed by atoms with Gasteiger partial charge < -0.3 is 24.8 Å². The van der Waals surface area contributed by atoms with Crippen molar-refractivity contribution in [2.24, 2.45) is 5.92 Å². The van der Waals surface area contributed by atoms with Crippen molar-refractivity contribution in [2.75, 3.05) is 29.9 Å². The number of aromatic carboxylic acids is 1. The summed E-state index contributed by atoms with van der Waals surface area (Å²) in [7, 11) is 0. The normalized spacial score (nSPS) is 14.6. The lowest BCUT2D eigenvalue weighted by Gasteiger charge is -2.18. The fourth-order valence-electron chi connectivity index (χ4n) is 4.23. The average Bonchev–Trinajstić information content (AvgIpc) is 3.43. The largest absolute Gasteiger partial charge is 0.493 e. The van der Waals surface area contributed by atoms with E-state index < -0.39 is 5.97 Å². The second kappa shape index (κ2) is 11.5. The van der Waals surface area contributed by atoms with E-state index in [4.69, 9.17) is 14.6 Å². The van der Waals surface area contributed by atoms with E-state index in [1.807, 2.05) is 42.5 Å². The van der Waals surface area contributed by atoms with Crippen LogP contribution in [-0.4, -0.2) is 41.7 Å². The smallest absolute Gasteiger partial charge is 0.335 e. The van der Waals surface area contributed by atoms with Gasteiger partial charge in [-0.2, -0.15) is 0 Å². The Kier molecular flexibility index (Phi) is 7.49. The molecule has 0 spiro atoms. The van der Waals surface area contributed by atoms with Crippen molar-refractivity contribution < 1.29 is 24.2 Å². The number of benzene rings is 3. The standard InChI is InChI=1S/C30H27N3O5/c34-29(22-6-13-27(14-7-22)38-26-4-2-1-3-5-26)32-24-10-15-28(31-18-24)33-17-16-21(19-33)20-37-25-11-8-23(9-12-25)30(35)36/h1-15,18,21H,16-17,19-20H2,(H,32,34)(H,35,36)/t21-/m0/s1. The Morgan fingerprint density at radius 1 is 0.868 bits per heavy atom. The summed E-state index contributed by atoms with van der Waals surface area (Å²) >= 11 is 0. The number of anilines is 2. The van der Waals surface area contributed by atoms with Gasteiger partial charge in [-0.15, -0.1) is 0 Å². The number of para-hydroxylation sites is 1. The third-order valence-electron chi connectivity index (χ3n) is 6.30. The molecule has 1 aromatic heterocycles. The first-order chi connectivity index (χ1) is 18.5. The zero-order chi connectivity index (χ0) is 26.3. The molecule has 0 radical (unpaired) electrons. The van der Waals surface area contributed by atoms with Gasteiger partial charge in [0.05, 0.1) is 24.1 Å². The van der Waals surface area contributed by atoms with Crippen molar-refractivity contribution in [1.82, 2.24) is 4.98 Å². The molecule has 2 heterocycles. The molecule has 0 aliphatic carbocycles. The molecular weight excluding hydrogens is 482 g/mol. The number of carbonyl (C=O) groups is 2. The Hall–Kier alpha value is -4.85. The maximum absolute atomic E-state index is 12.7. The minimum atomic E-state index is -0.954. The van der Waals surface area contributed by atoms with E-state index in [9.17, 15) is 9.59 Å². The SMILES string of the molecule is O=C(O)c1ccc(OC[C@H]2CCN(c3ccc(NC(=O)c4ccc(Oc5ccccc5)cc4)cn3)C2)cc1. The molecule has 3 aromatic carbocycles. The fraction of sp³-hybridized carbons (Fsp3) is 0.167. The molecule has 2 N–H and O–H groups in total. The van der Waals surface area contributed by atoms with Gasteiger partial charge in [-0.25, -0.2) is 9.78 Å². The fourth-order valence-corrected chi connectivity index (χ4v) is 4.23. The molecule has 0 saturated carbocycles. The van der Waals surface area contributed by atoms with Gasteiger partial charge in [0.25, 0.3) is 5.91 Å². The molecule has 1 aliphatic heterocycles. The summed E-state index contributed by atoms with van der Waals surface area (Å²) < 4.78 is 11.6. The van der Waals surface area contributed by atoms with Crippen LogP contribution in [0.5, 0.6) is 17.2 Å². The van der Waals surface area contributed by atoms with Crippen LogP contribution in [0.4, 0.5) is 11.5 Å². The summed E-state index contributed by atoms with van der Waals surface area (Å²) in [5.74, 6) is 2.06. The number of carboxylic acid groups (broad SMARTS) is 1. The number of pyridine rings is 1. The van der Waals surface area contributed by atoms with Gasteiger partial charge >= 0.3 is 5.97 Å². The molecule has 8 nitrogen and oxygen atoms in total. The zero-order valence-corrected chi connectivity index (χ0v) is 20.6. The van der Waals surface area contributed by atoms with Crippen LogP contribution in [0.15, 0.2) is 97.2 Å². The first-order valence-corrected chi connectivity index (χ1v) is 12.3. The van der Waals surface area contributed by atoms with Crippen LogP contribution in [0.25, 0.3) is 0 Å². The van der Waals surface area contributed by atoms with Crippen LogP contribution in [0.3, 0.4) is 0 Å². The minimum Gasteiger partial charge on any atom is -0.493 e. The molecule has 1 saturated heterocycles. The summed E-state index contributed by atoms with van der Waals surface area (Å²) in [5.41, 5.74) is 1.38. The number of rotatable bonds is 9. The van der Waals surface area contributed by atoms with Gasteiger partial charge in [0, 0.05) is 24.6 Å². The highest BCUT2D eigenvalue weighted by atomic mass is 16.5. The molecule has 8 heteroatoms. The van der Waals surface area contributed by atoms with Gasteiger partial charge in [-0.05, 0) is 79.2 Å². The van der Waals surface area contributed by atoms with Gasteiger partial charge in [0.2, 0.25) is 0 Å². The number of hydrogen-bond donors (Lipinski definition) is 2. The Morgan fingerprint density at radius 3 is 2.24 bits per heavy atom. The van der Waals surface area contributed by atoms with E-state index >= 15 is 0 Å². The van der Waals surface area contributed by atoms with E-state index in [2.05, 4.69) is 15.2 Å². The van der Waals surface area contributed by atoms with Crippen LogP contribution in [-0.2, 0) is 0 Å². The molecule has 0 bridgehead atoms. The second-order valence-electron chi connectivity index (χ2n) is 9.04. The predicted octanol–water partition coefficient (Wildman–Crippen LogP) is 5.73. The van der Waals surface area contributed by atoms with Crippen molar-refractivity contribution in [3.63, 3.8) is 0 Å². The Balaban J connectivity index is 1.10. The van der Waals surface area contributed by atoms with Gasteiger partial charge in [0.1, 0.15) is 23.1 Å². The second-order valence-corrected chi connectivity index (χ2v) is 9.04. The topological polar surface area (TPSA) is 101 Å². The van der Waals surface area contributed by atoms with Crippen molar-refractivity contribution >= 4 is 23.4 Å². The number of nitrogens with one attached hydrogen (secondary N) is 1. The van der Waals surface area contributed by atoms with Gasteiger partial charge in [0.15, 0.2) is 0 Å². The molecule has 1 aliphatic rings. The van der Waals surface area contributed by atoms with Crippen LogP contribution >= 0.6 is 0 Å². The highest BCUT2D eigenvalue weighted by molar-refractivity contribution is 6.04. The van der Waals surface area contributed by atoms with Crippen molar-refractivity contribution in [3.8, 4) is 17.2 Å². The highest BCUT2D eigenvalue weighted by Gasteiger charge is 2.24. The molecule has 192 valence electrons. The lowest BCUT2D eigenvalue weighted by molar-refractivity contribution is 0.0696. The quantitative estimate of drug-likeness (QED) is 0.297. The van der Waals surface area contributed by atoms with E-state index in [1.54, 1.807) is 54.7 Å². The summed E-state index contributed by atoms with van der Waals surface area (Å²) in [6, 6.07) is 26.6. The summed E-state index contributed by atoms with van der Waals surface area (Å²) in [4.78, 5) is 30.4. The van der Waals surface area contributed by atoms with Gasteiger partial charge in [-0.1, -0.05) is 18.2 Å². The Labute approximate surface area is 220 Å². The molecule has 1 fully saturated rings. The average molecular weight is 510 g/mol. The summed E-state index contributed by atoms with van der Waals surface area (Å²) in [6.45, 7) is 2.22. The Morgan fingerprint density at radius 2 is 1.55 bits per heavy atom. The van der Waals surface area contributed by atoms with Crippen LogP contribution in [0.1, 0.15) is 27.1 Å². The van der Waals surface area contributed by atoms with Crippen LogP contribution in [0.2, 0.25) is 0 Å². The van der Waals surface area contributed by atoms with E-state index in [0.717, 1.165) is 31.1 Å². The highest BCUT2D eigenvalue weighted by Crippen LogP contribution is 2.25. The third kappa shape index (κ3) is 6.28. The first-order valence-electron chi connectivity index (χ1n) is 12.3. The predicted molar refractivity (Wildman–Crippen MR) is 144 cm³/mol. The van der Waals surface area contributed by atoms with Crippen molar-refractivity contribution in [3.05, 3.63) is 108 Å². The van der Waals surface area contributed by atoms with Crippen LogP contribution < -0.4 is 19.7 Å². The van der Waals surface area contributed by atoms with E-state index in [-0.39, 0.29) is 11.5 Å². The third-order valence-corrected chi connectivity index (χ3v) is 6.30. The molecule has 5 rings (SSSR count). The maximum atomic E-state index is 12.7. The molecule has 1 amide bonds. The number of ether oxygens (including phenoxy) is 2. The Bertz CT molecular complexity index is 1370. The maximum Gasteiger partial charge on any atom is 0.335 e. The molecule has 0 unspecified atom stereocenters. The minimum absolute atomic E-state index is 0.222. The lowest BCUT2D eigenvalue weighted by Crippen LogP contribution is -2.22. The lowest BCUT2D eigenvalue weighted by atomic mass is 10.1. The summed E-state index contributed by atoms with van der Waals surface area (Å²) in [5, 5.41) is 11.9. The van der Waals surface area contributed by atoms with Crippen molar-refractivity contribution in [2.45, 2.75) is 6.42 Å². The van der Waals surface area contributed by atoms with Crippen molar-refractivity contribution in [1.29, 1.82) is 0 Å². The molecule has 4 aromatic rings. The number of nitrogens with zero attached hydrogens (tertiary/aromatic N) is 2. The monoisotopic (exact) mass is 509 g/mol. The molecule has 38 heavy (non-hydrogen) atoms. The van der Waals surface area contributed by atoms with Crippen LogP contribution in [0, 0.1) is 5.92 Å². The molecule has 1 atom stereocenters. The number of carbonyl (C=O) groups excluding carboxylic acids is 1. The number of hydrogen-bond acceptors (Lipinski definition) is 6. The number of aromatic nitrogens is 1.